The topological polar surface area (TPSA) is 80.8 Å². The maximum Gasteiger partial charge on any atom is 0.491 e. The average Bonchev–Trinajstić information content (AvgIpc) is 2.82. The second-order valence-electron chi connectivity index (χ2n) is 7.89. The van der Waals surface area contributed by atoms with Gasteiger partial charge in [0.2, 0.25) is 0 Å². The van der Waals surface area contributed by atoms with Crippen molar-refractivity contribution in [3.05, 3.63) is 46.7 Å². The van der Waals surface area contributed by atoms with E-state index in [0.29, 0.717) is 6.54 Å². The number of hydrogen-bond donors (Lipinski definition) is 1. The zero-order chi connectivity index (χ0) is 24.7. The molecule has 1 amide bonds. The Hall–Kier alpha value is -2.82. The van der Waals surface area contributed by atoms with Crippen LogP contribution in [0.5, 0.6) is 11.5 Å². The first-order valence-corrected chi connectivity index (χ1v) is 11.6. The Bertz CT molecular complexity index is 999. The molecule has 0 atom stereocenters. The second kappa shape index (κ2) is 11.5. The Labute approximate surface area is 203 Å². The molecule has 3 rings (SSSR count). The number of rotatable bonds is 8. The first-order valence-electron chi connectivity index (χ1n) is 10.8. The molecule has 1 fully saturated rings. The van der Waals surface area contributed by atoms with Gasteiger partial charge in [-0.25, -0.2) is 4.79 Å². The molecule has 0 aliphatic heterocycles. The lowest BCUT2D eigenvalue weighted by atomic mass is 9.94. The van der Waals surface area contributed by atoms with Gasteiger partial charge in [-0.1, -0.05) is 19.3 Å². The minimum absolute atomic E-state index is 0.00471. The summed E-state index contributed by atoms with van der Waals surface area (Å²) in [4.78, 5) is 30.2. The van der Waals surface area contributed by atoms with Crippen LogP contribution in [0.15, 0.2) is 41.1 Å². The molecule has 1 saturated carbocycles. The molecule has 1 N–H and O–H groups in total. The number of nitrogens with one attached hydrogen (secondary N) is 1. The Morgan fingerprint density at radius 1 is 1.18 bits per heavy atom. The van der Waals surface area contributed by atoms with Gasteiger partial charge in [0, 0.05) is 37.7 Å². The van der Waals surface area contributed by atoms with Gasteiger partial charge >= 0.3 is 12.1 Å². The van der Waals surface area contributed by atoms with Gasteiger partial charge < -0.3 is 19.7 Å². The molecule has 0 radical (unpaired) electrons. The predicted molar refractivity (Wildman–Crippen MR) is 123 cm³/mol. The molecule has 11 heteroatoms. The third-order valence-electron chi connectivity index (χ3n) is 5.50. The number of carbonyl (C=O) groups is 2. The molecule has 34 heavy (non-hydrogen) atoms. The van der Waals surface area contributed by atoms with Gasteiger partial charge in [0.15, 0.2) is 5.75 Å². The molecule has 2 aromatic rings. The van der Waals surface area contributed by atoms with Crippen molar-refractivity contribution in [2.75, 3.05) is 25.5 Å². The van der Waals surface area contributed by atoms with Crippen molar-refractivity contribution in [1.29, 1.82) is 0 Å². The van der Waals surface area contributed by atoms with Crippen molar-refractivity contribution in [1.82, 2.24) is 9.88 Å². The van der Waals surface area contributed by atoms with Gasteiger partial charge in [0.05, 0.1) is 10.0 Å². The molecule has 1 aromatic carbocycles. The van der Waals surface area contributed by atoms with E-state index < -0.39 is 23.8 Å². The van der Waals surface area contributed by atoms with E-state index in [1.807, 2.05) is 0 Å². The van der Waals surface area contributed by atoms with E-state index in [4.69, 9.17) is 4.74 Å². The van der Waals surface area contributed by atoms with Gasteiger partial charge in [0.25, 0.3) is 5.91 Å². The quantitative estimate of drug-likeness (QED) is 0.280. The highest BCUT2D eigenvalue weighted by molar-refractivity contribution is 9.10. The number of pyridine rings is 1. The molecular weight excluding hydrogens is 519 g/mol. The molecule has 7 nitrogen and oxygen atoms in total. The van der Waals surface area contributed by atoms with Crippen LogP contribution in [0, 0.1) is 0 Å². The third kappa shape index (κ3) is 6.85. The van der Waals surface area contributed by atoms with E-state index in [1.54, 1.807) is 31.6 Å². The zero-order valence-electron chi connectivity index (χ0n) is 18.5. The van der Waals surface area contributed by atoms with Gasteiger partial charge in [-0.15, -0.1) is 0 Å². The minimum Gasteiger partial charge on any atom is -0.492 e. The van der Waals surface area contributed by atoms with E-state index in [0.717, 1.165) is 37.8 Å². The number of nitrogens with zero attached hydrogens (tertiary/aromatic N) is 2. The van der Waals surface area contributed by atoms with Crippen LogP contribution in [0.2, 0.25) is 0 Å². The summed E-state index contributed by atoms with van der Waals surface area (Å²) in [5.41, 5.74) is 0.663. The fourth-order valence-electron chi connectivity index (χ4n) is 3.72. The summed E-state index contributed by atoms with van der Waals surface area (Å²) >= 11 is 3.13. The van der Waals surface area contributed by atoms with Gasteiger partial charge in [-0.05, 0) is 53.0 Å². The highest BCUT2D eigenvalue weighted by atomic mass is 79.9. The second-order valence-corrected chi connectivity index (χ2v) is 8.74. The number of halogens is 4. The van der Waals surface area contributed by atoms with Crippen molar-refractivity contribution in [3.8, 4) is 11.5 Å². The van der Waals surface area contributed by atoms with Crippen LogP contribution in [0.4, 0.5) is 18.9 Å². The van der Waals surface area contributed by atoms with Gasteiger partial charge in [-0.3, -0.25) is 9.78 Å². The van der Waals surface area contributed by atoms with Crippen LogP contribution >= 0.6 is 15.9 Å². The first-order chi connectivity index (χ1) is 16.2. The Kier molecular flexibility index (Phi) is 8.76. The summed E-state index contributed by atoms with van der Waals surface area (Å²) in [6.45, 7) is 0.639. The molecule has 0 spiro atoms. The minimum atomic E-state index is -5.21. The van der Waals surface area contributed by atoms with Crippen molar-refractivity contribution < 1.29 is 32.2 Å². The number of anilines is 1. The van der Waals surface area contributed by atoms with Crippen molar-refractivity contribution in [2.45, 2.75) is 44.3 Å². The molecule has 1 aromatic heterocycles. The average molecular weight is 544 g/mol. The predicted octanol–water partition coefficient (Wildman–Crippen LogP) is 5.21. The summed E-state index contributed by atoms with van der Waals surface area (Å²) in [5, 5.41) is 3.14. The highest BCUT2D eigenvalue weighted by Crippen LogP contribution is 2.37. The Morgan fingerprint density at radius 2 is 1.85 bits per heavy atom. The number of alkyl halides is 3. The van der Waals surface area contributed by atoms with Crippen LogP contribution in [-0.4, -0.2) is 54.2 Å². The summed E-state index contributed by atoms with van der Waals surface area (Å²) in [5.74, 6) is -3.19. The summed E-state index contributed by atoms with van der Waals surface area (Å²) < 4.78 is 48.9. The molecule has 184 valence electrons. The number of benzene rings is 1. The Balaban J connectivity index is 1.80. The van der Waals surface area contributed by atoms with Gasteiger partial charge in [0.1, 0.15) is 12.4 Å². The lowest BCUT2D eigenvalue weighted by Crippen LogP contribution is -2.38. The third-order valence-corrected chi connectivity index (χ3v) is 6.09. The summed E-state index contributed by atoms with van der Waals surface area (Å²) in [6, 6.07) is 6.21. The fraction of sp³-hybridized carbons (Fsp3) is 0.435. The molecule has 0 unspecified atom stereocenters. The maximum absolute atomic E-state index is 13.3. The maximum atomic E-state index is 13.3. The molecule has 0 saturated heterocycles. The van der Waals surface area contributed by atoms with E-state index >= 15 is 0 Å². The number of amides is 1. The number of ether oxygens (including phenoxy) is 2. The lowest BCUT2D eigenvalue weighted by Gasteiger charge is -2.31. The molecule has 1 aliphatic carbocycles. The molecule has 0 bridgehead atoms. The smallest absolute Gasteiger partial charge is 0.491 e. The van der Waals surface area contributed by atoms with Crippen LogP contribution in [0.1, 0.15) is 42.5 Å². The van der Waals surface area contributed by atoms with E-state index in [-0.39, 0.29) is 28.4 Å². The highest BCUT2D eigenvalue weighted by Gasteiger charge is 2.42. The van der Waals surface area contributed by atoms with Crippen molar-refractivity contribution in [3.63, 3.8) is 0 Å². The Morgan fingerprint density at radius 3 is 2.50 bits per heavy atom. The fourth-order valence-corrected chi connectivity index (χ4v) is 4.24. The largest absolute Gasteiger partial charge is 0.492 e. The van der Waals surface area contributed by atoms with E-state index in [1.165, 1.54) is 17.0 Å². The van der Waals surface area contributed by atoms with Crippen LogP contribution < -0.4 is 14.8 Å². The summed E-state index contributed by atoms with van der Waals surface area (Å²) in [6.07, 6.45) is 2.70. The SMILES string of the molecule is CN(C(=O)c1cc(OCCNc2ccncc2)cc(Br)c1OC(=O)C(F)(F)F)C1CCCCC1. The van der Waals surface area contributed by atoms with Crippen LogP contribution in [-0.2, 0) is 4.79 Å². The molecule has 1 aliphatic rings. The van der Waals surface area contributed by atoms with Crippen LogP contribution in [0.25, 0.3) is 0 Å². The lowest BCUT2D eigenvalue weighted by molar-refractivity contribution is -0.189. The van der Waals surface area contributed by atoms with Gasteiger partial charge in [-0.2, -0.15) is 13.2 Å². The standard InChI is InChI=1S/C23H25BrF3N3O4/c1-30(16-5-3-2-4-6-16)21(31)18-13-17(33-12-11-29-15-7-9-28-10-8-15)14-19(24)20(18)34-22(32)23(25,26)27/h7-10,13-14,16H,2-6,11-12H2,1H3,(H,28,29). The first kappa shape index (κ1) is 25.8. The molecular formula is C23H25BrF3N3O4. The van der Waals surface area contributed by atoms with E-state index in [9.17, 15) is 22.8 Å². The molecule has 1 heterocycles. The van der Waals surface area contributed by atoms with Crippen molar-refractivity contribution in [2.24, 2.45) is 0 Å². The zero-order valence-corrected chi connectivity index (χ0v) is 20.1. The normalized spacial score (nSPS) is 14.4. The number of carbonyl (C=O) groups excluding carboxylic acids is 2. The number of aromatic nitrogens is 1. The monoisotopic (exact) mass is 543 g/mol. The number of hydrogen-bond acceptors (Lipinski definition) is 6. The summed E-state index contributed by atoms with van der Waals surface area (Å²) in [7, 11) is 1.60. The van der Waals surface area contributed by atoms with E-state index in [2.05, 4.69) is 31.0 Å². The van der Waals surface area contributed by atoms with Crippen LogP contribution in [0.3, 0.4) is 0 Å². The number of esters is 1. The van der Waals surface area contributed by atoms with Crippen molar-refractivity contribution >= 4 is 33.5 Å².